The summed E-state index contributed by atoms with van der Waals surface area (Å²) in [5.41, 5.74) is 1.24. The second kappa shape index (κ2) is 9.90. The van der Waals surface area contributed by atoms with Gasteiger partial charge in [0.1, 0.15) is 5.82 Å². The summed E-state index contributed by atoms with van der Waals surface area (Å²) in [6.07, 6.45) is 0.171. The Morgan fingerprint density at radius 2 is 1.72 bits per heavy atom. The molecule has 0 bridgehead atoms. The van der Waals surface area contributed by atoms with E-state index >= 15 is 0 Å². The van der Waals surface area contributed by atoms with Crippen LogP contribution in [-0.2, 0) is 11.0 Å². The Bertz CT molecular complexity index is 1400. The van der Waals surface area contributed by atoms with E-state index in [2.05, 4.69) is 25.6 Å². The van der Waals surface area contributed by atoms with Gasteiger partial charge < -0.3 is 15.6 Å². The van der Waals surface area contributed by atoms with Crippen LogP contribution in [0, 0.1) is 6.92 Å². The van der Waals surface area contributed by atoms with E-state index in [1.54, 1.807) is 47.6 Å². The Hall–Kier alpha value is -4.67. The summed E-state index contributed by atoms with van der Waals surface area (Å²) in [5.74, 6) is -0.0778. The highest BCUT2D eigenvalue weighted by Crippen LogP contribution is 2.36. The van der Waals surface area contributed by atoms with Crippen LogP contribution in [0.2, 0.25) is 0 Å². The Balaban J connectivity index is 1.70. The van der Waals surface area contributed by atoms with Crippen LogP contribution in [0.15, 0.2) is 73.2 Å². The third-order valence-corrected chi connectivity index (χ3v) is 5.15. The first-order chi connectivity index (χ1) is 17.1. The normalized spacial score (nSPS) is 11.1. The molecule has 3 N–H and O–H groups in total. The van der Waals surface area contributed by atoms with Crippen LogP contribution in [-0.4, -0.2) is 26.8 Å². The zero-order valence-electron chi connectivity index (χ0n) is 19.2. The predicted molar refractivity (Wildman–Crippen MR) is 130 cm³/mol. The van der Waals surface area contributed by atoms with Gasteiger partial charge in [-0.05, 0) is 48.9 Å². The first kappa shape index (κ1) is 24.5. The van der Waals surface area contributed by atoms with Gasteiger partial charge in [-0.15, -0.1) is 0 Å². The zero-order valence-corrected chi connectivity index (χ0v) is 19.2. The predicted octanol–water partition coefficient (Wildman–Crippen LogP) is 5.81. The van der Waals surface area contributed by atoms with Crippen LogP contribution in [0.3, 0.4) is 0 Å². The molecule has 2 amide bonds. The van der Waals surface area contributed by atoms with E-state index in [0.717, 1.165) is 17.7 Å². The SMILES string of the molecule is CC(=O)Nc1ccnc(N(c2ncc[nH]2)c2cc(NC(=O)c3cccc(C(F)(F)F)c3)ccc2C)c1. The van der Waals surface area contributed by atoms with E-state index in [0.29, 0.717) is 28.8 Å². The molecule has 11 heteroatoms. The molecule has 0 unspecified atom stereocenters. The van der Waals surface area contributed by atoms with Gasteiger partial charge in [-0.1, -0.05) is 12.1 Å². The number of aromatic amines is 1. The summed E-state index contributed by atoms with van der Waals surface area (Å²) in [5, 5.41) is 5.36. The van der Waals surface area contributed by atoms with Crippen LogP contribution >= 0.6 is 0 Å². The lowest BCUT2D eigenvalue weighted by Gasteiger charge is -2.24. The second-order valence-electron chi connectivity index (χ2n) is 7.87. The molecular weight excluding hydrogens is 473 g/mol. The van der Waals surface area contributed by atoms with E-state index in [1.165, 1.54) is 25.3 Å². The average Bonchev–Trinajstić information content (AvgIpc) is 3.35. The molecule has 4 rings (SSSR count). The summed E-state index contributed by atoms with van der Waals surface area (Å²) < 4.78 is 39.2. The lowest BCUT2D eigenvalue weighted by Crippen LogP contribution is -2.17. The van der Waals surface area contributed by atoms with Crippen molar-refractivity contribution >= 4 is 40.6 Å². The van der Waals surface area contributed by atoms with Crippen molar-refractivity contribution in [3.05, 3.63) is 89.9 Å². The number of aromatic nitrogens is 3. The van der Waals surface area contributed by atoms with Gasteiger partial charge in [0.25, 0.3) is 5.91 Å². The van der Waals surface area contributed by atoms with E-state index in [-0.39, 0.29) is 11.5 Å². The maximum atomic E-state index is 13.1. The molecule has 8 nitrogen and oxygen atoms in total. The summed E-state index contributed by atoms with van der Waals surface area (Å²) in [4.78, 5) is 37.7. The number of carbonyl (C=O) groups is 2. The smallest absolute Gasteiger partial charge is 0.330 e. The molecule has 2 heterocycles. The van der Waals surface area contributed by atoms with Gasteiger partial charge in [0.2, 0.25) is 11.9 Å². The van der Waals surface area contributed by atoms with Crippen molar-refractivity contribution in [2.75, 3.05) is 15.5 Å². The van der Waals surface area contributed by atoms with Crippen molar-refractivity contribution in [3.63, 3.8) is 0 Å². The first-order valence-corrected chi connectivity index (χ1v) is 10.7. The van der Waals surface area contributed by atoms with Crippen molar-refractivity contribution < 1.29 is 22.8 Å². The Morgan fingerprint density at radius 1 is 0.944 bits per heavy atom. The van der Waals surface area contributed by atoms with Crippen molar-refractivity contribution in [1.29, 1.82) is 0 Å². The van der Waals surface area contributed by atoms with Crippen LogP contribution in [0.1, 0.15) is 28.4 Å². The quantitative estimate of drug-likeness (QED) is 0.314. The fourth-order valence-corrected chi connectivity index (χ4v) is 3.52. The highest BCUT2D eigenvalue weighted by Gasteiger charge is 2.31. The third kappa shape index (κ3) is 5.52. The Kier molecular flexibility index (Phi) is 6.73. The molecule has 36 heavy (non-hydrogen) atoms. The van der Waals surface area contributed by atoms with Crippen LogP contribution in [0.5, 0.6) is 0 Å². The van der Waals surface area contributed by atoms with Gasteiger partial charge in [-0.3, -0.25) is 14.5 Å². The van der Waals surface area contributed by atoms with Crippen molar-refractivity contribution in [2.24, 2.45) is 0 Å². The zero-order chi connectivity index (χ0) is 25.9. The third-order valence-electron chi connectivity index (χ3n) is 5.15. The molecule has 2 aromatic carbocycles. The fraction of sp³-hybridized carbons (Fsp3) is 0.120. The molecule has 0 aliphatic carbocycles. The molecule has 0 spiro atoms. The summed E-state index contributed by atoms with van der Waals surface area (Å²) in [6.45, 7) is 3.24. The highest BCUT2D eigenvalue weighted by atomic mass is 19.4. The first-order valence-electron chi connectivity index (χ1n) is 10.7. The van der Waals surface area contributed by atoms with Crippen LogP contribution < -0.4 is 15.5 Å². The Labute approximate surface area is 204 Å². The van der Waals surface area contributed by atoms with E-state index in [9.17, 15) is 22.8 Å². The number of anilines is 5. The fourth-order valence-electron chi connectivity index (χ4n) is 3.52. The Morgan fingerprint density at radius 3 is 2.42 bits per heavy atom. The minimum Gasteiger partial charge on any atom is -0.330 e. The van der Waals surface area contributed by atoms with Crippen molar-refractivity contribution in [2.45, 2.75) is 20.0 Å². The van der Waals surface area contributed by atoms with Gasteiger partial charge >= 0.3 is 6.18 Å². The number of H-pyrrole nitrogens is 1. The van der Waals surface area contributed by atoms with Gasteiger partial charge in [-0.25, -0.2) is 9.97 Å². The molecule has 0 saturated heterocycles. The van der Waals surface area contributed by atoms with E-state index in [4.69, 9.17) is 0 Å². The van der Waals surface area contributed by atoms with Crippen LogP contribution in [0.25, 0.3) is 0 Å². The number of amides is 2. The van der Waals surface area contributed by atoms with Gasteiger partial charge in [0.05, 0.1) is 11.3 Å². The molecule has 0 atom stereocenters. The van der Waals surface area contributed by atoms with Gasteiger partial charge in [0, 0.05) is 48.5 Å². The van der Waals surface area contributed by atoms with Crippen LogP contribution in [0.4, 0.5) is 42.0 Å². The number of hydrogen-bond donors (Lipinski definition) is 3. The standard InChI is InChI=1S/C25H21F3N6O2/c1-15-6-7-19(33-23(36)17-4-3-5-18(12-17)25(26,27)28)13-21(15)34(24-30-10-11-31-24)22-14-20(8-9-29-22)32-16(2)35/h3-14H,1-2H3,(H,30,31)(H,33,36)(H,29,32,35). The number of benzene rings is 2. The van der Waals surface area contributed by atoms with Crippen molar-refractivity contribution in [3.8, 4) is 0 Å². The number of aryl methyl sites for hydroxylation is 1. The number of pyridine rings is 1. The molecular formula is C25H21F3N6O2. The molecule has 2 aromatic heterocycles. The summed E-state index contributed by atoms with van der Waals surface area (Å²) >= 11 is 0. The summed E-state index contributed by atoms with van der Waals surface area (Å²) in [7, 11) is 0. The molecule has 0 fully saturated rings. The lowest BCUT2D eigenvalue weighted by atomic mass is 10.1. The average molecular weight is 494 g/mol. The molecule has 0 saturated carbocycles. The number of halogens is 3. The number of imidazole rings is 1. The number of nitrogens with one attached hydrogen (secondary N) is 3. The maximum Gasteiger partial charge on any atom is 0.416 e. The van der Waals surface area contributed by atoms with E-state index in [1.807, 2.05) is 6.92 Å². The number of nitrogens with zero attached hydrogens (tertiary/aromatic N) is 3. The number of alkyl halides is 3. The molecule has 0 aliphatic heterocycles. The van der Waals surface area contributed by atoms with Crippen molar-refractivity contribution in [1.82, 2.24) is 15.0 Å². The maximum absolute atomic E-state index is 13.1. The van der Waals surface area contributed by atoms with Gasteiger partial charge in [0.15, 0.2) is 0 Å². The molecule has 4 aromatic rings. The number of carbonyl (C=O) groups excluding carboxylic acids is 2. The number of hydrogen-bond acceptors (Lipinski definition) is 5. The summed E-state index contributed by atoms with van der Waals surface area (Å²) in [6, 6.07) is 12.6. The topological polar surface area (TPSA) is 103 Å². The highest BCUT2D eigenvalue weighted by molar-refractivity contribution is 6.04. The second-order valence-corrected chi connectivity index (χ2v) is 7.87. The largest absolute Gasteiger partial charge is 0.416 e. The molecule has 0 aliphatic rings. The van der Waals surface area contributed by atoms with Gasteiger partial charge in [-0.2, -0.15) is 13.2 Å². The minimum atomic E-state index is -4.56. The number of rotatable bonds is 6. The minimum absolute atomic E-state index is 0.125. The molecule has 0 radical (unpaired) electrons. The molecule has 184 valence electrons. The lowest BCUT2D eigenvalue weighted by molar-refractivity contribution is -0.137. The van der Waals surface area contributed by atoms with E-state index < -0.39 is 17.6 Å². The monoisotopic (exact) mass is 494 g/mol.